The molecule has 0 heterocycles. The summed E-state index contributed by atoms with van der Waals surface area (Å²) in [4.78, 5) is 0. The molecule has 0 atom stereocenters. The van der Waals surface area contributed by atoms with E-state index in [1.165, 1.54) is 0 Å². The Morgan fingerprint density at radius 2 is 1.36 bits per heavy atom. The minimum absolute atomic E-state index is 0. The third-order valence-electron chi connectivity index (χ3n) is 1.37. The summed E-state index contributed by atoms with van der Waals surface area (Å²) in [7, 11) is 0.911. The van der Waals surface area contributed by atoms with E-state index in [0.717, 1.165) is 7.11 Å². The standard InChI is InChI=1S/C7H3BrF4O.Mg.2H/c1-13-7-5(11)3(9)2(8)4(10)6(7)12;;;/h1H3;;;/q;+2;2*-1. The van der Waals surface area contributed by atoms with E-state index in [-0.39, 0.29) is 25.9 Å². The molecular weight excluding hydrogens is 280 g/mol. The van der Waals surface area contributed by atoms with Gasteiger partial charge in [0.1, 0.15) is 0 Å². The molecule has 0 spiro atoms. The van der Waals surface area contributed by atoms with Gasteiger partial charge < -0.3 is 7.59 Å². The van der Waals surface area contributed by atoms with Gasteiger partial charge in [-0.15, -0.1) is 0 Å². The van der Waals surface area contributed by atoms with E-state index in [9.17, 15) is 17.6 Å². The molecule has 0 fully saturated rings. The zero-order valence-electron chi connectivity index (χ0n) is 9.01. The number of ether oxygens (including phenoxy) is 1. The Kier molecular flexibility index (Phi) is 5.17. The predicted octanol–water partition coefficient (Wildman–Crippen LogP) is 2.86. The number of rotatable bonds is 1. The largest absolute Gasteiger partial charge is 2.00 e. The molecule has 1 nitrogen and oxygen atoms in total. The van der Waals surface area contributed by atoms with Crippen molar-refractivity contribution in [1.29, 1.82) is 0 Å². The molecule has 1 aromatic carbocycles. The summed E-state index contributed by atoms with van der Waals surface area (Å²) in [6.07, 6.45) is 0. The van der Waals surface area contributed by atoms with E-state index < -0.39 is 33.5 Å². The van der Waals surface area contributed by atoms with Crippen molar-refractivity contribution in [3.05, 3.63) is 27.7 Å². The molecule has 0 aromatic heterocycles. The molecule has 0 saturated heterocycles. The fourth-order valence-electron chi connectivity index (χ4n) is 0.764. The summed E-state index contributed by atoms with van der Waals surface area (Å²) in [6.45, 7) is 0. The van der Waals surface area contributed by atoms with Crippen LogP contribution < -0.4 is 4.74 Å². The van der Waals surface area contributed by atoms with Gasteiger partial charge in [0.2, 0.25) is 11.6 Å². The Bertz CT molecular complexity index is 338. The second-order valence-electron chi connectivity index (χ2n) is 2.10. The van der Waals surface area contributed by atoms with Crippen molar-refractivity contribution < 1.29 is 25.2 Å². The van der Waals surface area contributed by atoms with Gasteiger partial charge in [0.05, 0.1) is 11.6 Å². The average Bonchev–Trinajstić information content (AvgIpc) is 2.13. The Morgan fingerprint density at radius 1 is 1.00 bits per heavy atom. The van der Waals surface area contributed by atoms with Gasteiger partial charge in [-0.3, -0.25) is 0 Å². The molecule has 7 heteroatoms. The van der Waals surface area contributed by atoms with Gasteiger partial charge in [0.25, 0.3) is 0 Å². The minimum Gasteiger partial charge on any atom is -1.00 e. The van der Waals surface area contributed by atoms with Crippen LogP contribution in [0, 0.1) is 23.3 Å². The molecule has 0 saturated carbocycles. The second-order valence-corrected chi connectivity index (χ2v) is 2.90. The summed E-state index contributed by atoms with van der Waals surface area (Å²) in [5.74, 6) is -7.23. The van der Waals surface area contributed by atoms with E-state index in [1.807, 2.05) is 0 Å². The Balaban J connectivity index is -0.000000563. The quantitative estimate of drug-likeness (QED) is 0.334. The molecule has 76 valence electrons. The van der Waals surface area contributed by atoms with Gasteiger partial charge in [-0.05, 0) is 15.9 Å². The molecule has 0 unspecified atom stereocenters. The van der Waals surface area contributed by atoms with Gasteiger partial charge in [0, 0.05) is 0 Å². The van der Waals surface area contributed by atoms with Crippen LogP contribution in [0.1, 0.15) is 2.85 Å². The van der Waals surface area contributed by atoms with Gasteiger partial charge >= 0.3 is 23.1 Å². The summed E-state index contributed by atoms with van der Waals surface area (Å²) < 4.78 is 54.2. The number of benzene rings is 1. The van der Waals surface area contributed by atoms with E-state index in [0.29, 0.717) is 0 Å². The summed E-state index contributed by atoms with van der Waals surface area (Å²) in [5, 5.41) is 0. The van der Waals surface area contributed by atoms with Crippen LogP contribution >= 0.6 is 15.9 Å². The molecule has 0 aliphatic rings. The van der Waals surface area contributed by atoms with E-state index in [2.05, 4.69) is 20.7 Å². The van der Waals surface area contributed by atoms with Crippen molar-refractivity contribution in [2.24, 2.45) is 0 Å². The number of hydrogen-bond acceptors (Lipinski definition) is 1. The molecule has 0 radical (unpaired) electrons. The first kappa shape index (κ1) is 14.0. The van der Waals surface area contributed by atoms with Crippen LogP contribution in [0.3, 0.4) is 0 Å². The Hall–Kier alpha value is -0.0138. The van der Waals surface area contributed by atoms with Gasteiger partial charge in [-0.2, -0.15) is 8.78 Å². The maximum absolute atomic E-state index is 12.8. The maximum Gasteiger partial charge on any atom is 2.00 e. The zero-order valence-corrected chi connectivity index (χ0v) is 10.0. The van der Waals surface area contributed by atoms with Crippen molar-refractivity contribution >= 4 is 39.0 Å². The predicted molar refractivity (Wildman–Crippen MR) is 48.5 cm³/mol. The first-order valence-corrected chi connectivity index (χ1v) is 3.85. The fraction of sp³-hybridized carbons (Fsp3) is 0.143. The Morgan fingerprint density at radius 3 is 1.64 bits per heavy atom. The van der Waals surface area contributed by atoms with Crippen LogP contribution in [0.15, 0.2) is 4.47 Å². The summed E-state index contributed by atoms with van der Waals surface area (Å²) >= 11 is 2.36. The normalized spacial score (nSPS) is 9.57. The van der Waals surface area contributed by atoms with Crippen molar-refractivity contribution in [1.82, 2.24) is 0 Å². The topological polar surface area (TPSA) is 9.23 Å². The zero-order chi connectivity index (χ0) is 10.2. The molecule has 0 N–H and O–H groups in total. The molecule has 0 aliphatic carbocycles. The number of halogens is 5. The van der Waals surface area contributed by atoms with Gasteiger partial charge in [-0.1, -0.05) is 0 Å². The third-order valence-corrected chi connectivity index (χ3v) is 2.07. The minimum atomic E-state index is -1.56. The van der Waals surface area contributed by atoms with Crippen molar-refractivity contribution in [2.75, 3.05) is 7.11 Å². The first-order valence-electron chi connectivity index (χ1n) is 3.06. The SMILES string of the molecule is COc1c(F)c(F)c(Br)c(F)c1F.[H-].[H-].[Mg+2]. The molecule has 0 bridgehead atoms. The summed E-state index contributed by atoms with van der Waals surface area (Å²) in [6, 6.07) is 0. The fourth-order valence-corrected chi connectivity index (χ4v) is 1.11. The van der Waals surface area contributed by atoms with Crippen LogP contribution in [-0.2, 0) is 0 Å². The van der Waals surface area contributed by atoms with Crippen LogP contribution in [-0.4, -0.2) is 30.2 Å². The molecule has 1 aromatic rings. The molecule has 1 rings (SSSR count). The van der Waals surface area contributed by atoms with Gasteiger partial charge in [-0.25, -0.2) is 8.78 Å². The van der Waals surface area contributed by atoms with Crippen LogP contribution in [0.4, 0.5) is 17.6 Å². The van der Waals surface area contributed by atoms with Crippen LogP contribution in [0.5, 0.6) is 5.75 Å². The smallest absolute Gasteiger partial charge is 1.00 e. The van der Waals surface area contributed by atoms with E-state index in [1.54, 1.807) is 0 Å². The van der Waals surface area contributed by atoms with Crippen LogP contribution in [0.2, 0.25) is 0 Å². The summed E-state index contributed by atoms with van der Waals surface area (Å²) in [5.41, 5.74) is 0. The first-order chi connectivity index (χ1) is 6.00. The molecule has 0 aliphatic heterocycles. The number of hydrogen-bond donors (Lipinski definition) is 0. The van der Waals surface area contributed by atoms with E-state index >= 15 is 0 Å². The Labute approximate surface area is 105 Å². The van der Waals surface area contributed by atoms with Crippen molar-refractivity contribution in [3.63, 3.8) is 0 Å². The molecule has 0 amide bonds. The van der Waals surface area contributed by atoms with Gasteiger partial charge in [0.15, 0.2) is 17.4 Å². The second kappa shape index (κ2) is 5.18. The van der Waals surface area contributed by atoms with E-state index in [4.69, 9.17) is 0 Å². The number of methoxy groups -OCH3 is 1. The third kappa shape index (κ3) is 2.14. The van der Waals surface area contributed by atoms with Crippen LogP contribution in [0.25, 0.3) is 0 Å². The van der Waals surface area contributed by atoms with Crippen molar-refractivity contribution in [3.8, 4) is 5.75 Å². The monoisotopic (exact) mass is 284 g/mol. The molecule has 14 heavy (non-hydrogen) atoms. The molecular formula is C7H5BrF4MgO. The average molecular weight is 285 g/mol. The maximum atomic E-state index is 12.8. The van der Waals surface area contributed by atoms with Crippen molar-refractivity contribution in [2.45, 2.75) is 0 Å².